The predicted molar refractivity (Wildman–Crippen MR) is 66.5 cm³/mol. The summed E-state index contributed by atoms with van der Waals surface area (Å²) in [5, 5.41) is 17.1. The molecule has 94 valence electrons. The quantitative estimate of drug-likeness (QED) is 0.735. The van der Waals surface area contributed by atoms with Crippen molar-refractivity contribution >= 4 is 5.97 Å². The van der Waals surface area contributed by atoms with Gasteiger partial charge in [-0.25, -0.2) is 4.79 Å². The van der Waals surface area contributed by atoms with Gasteiger partial charge in [0.1, 0.15) is 0 Å². The number of aliphatic carboxylic acids is 1. The van der Waals surface area contributed by atoms with Crippen molar-refractivity contribution in [3.05, 3.63) is 42.2 Å². The van der Waals surface area contributed by atoms with E-state index in [4.69, 9.17) is 10.4 Å². The van der Waals surface area contributed by atoms with Crippen molar-refractivity contribution in [3.8, 4) is 6.07 Å². The number of hydrogen-bond acceptors (Lipinski definition) is 4. The fourth-order valence-corrected chi connectivity index (χ4v) is 1.50. The Morgan fingerprint density at radius 2 is 2.44 bits per heavy atom. The Labute approximate surface area is 106 Å². The largest absolute Gasteiger partial charge is 0.478 e. The van der Waals surface area contributed by atoms with E-state index in [9.17, 15) is 4.79 Å². The molecule has 0 saturated heterocycles. The van der Waals surface area contributed by atoms with Crippen LogP contribution in [0.5, 0.6) is 0 Å². The molecule has 1 heterocycles. The Hall–Kier alpha value is -2.19. The first kappa shape index (κ1) is 13.9. The Bertz CT molecular complexity index is 437. The van der Waals surface area contributed by atoms with E-state index in [1.54, 1.807) is 18.5 Å². The molecule has 0 aromatic carbocycles. The fraction of sp³-hybridized carbons (Fsp3) is 0.308. The Balaban J connectivity index is 2.55. The lowest BCUT2D eigenvalue weighted by Gasteiger charge is -2.18. The smallest absolute Gasteiger partial charge is 0.328 e. The first-order valence-electron chi connectivity index (χ1n) is 5.60. The van der Waals surface area contributed by atoms with Crippen LogP contribution in [0.15, 0.2) is 36.7 Å². The van der Waals surface area contributed by atoms with Gasteiger partial charge in [-0.05, 0) is 11.6 Å². The van der Waals surface area contributed by atoms with Crippen LogP contribution in [0.25, 0.3) is 0 Å². The summed E-state index contributed by atoms with van der Waals surface area (Å²) in [5.74, 6) is -0.961. The van der Waals surface area contributed by atoms with Crippen LogP contribution in [0.4, 0.5) is 0 Å². The number of carbonyl (C=O) groups is 1. The van der Waals surface area contributed by atoms with Gasteiger partial charge in [-0.3, -0.25) is 9.88 Å². The maximum Gasteiger partial charge on any atom is 0.328 e. The summed E-state index contributed by atoms with van der Waals surface area (Å²) >= 11 is 0. The van der Waals surface area contributed by atoms with Crippen molar-refractivity contribution in [1.82, 2.24) is 9.88 Å². The summed E-state index contributed by atoms with van der Waals surface area (Å²) < 4.78 is 0. The van der Waals surface area contributed by atoms with Crippen LogP contribution in [0, 0.1) is 11.3 Å². The molecule has 0 amide bonds. The zero-order valence-corrected chi connectivity index (χ0v) is 9.99. The lowest BCUT2D eigenvalue weighted by Crippen LogP contribution is -2.24. The molecule has 1 N–H and O–H groups in total. The highest BCUT2D eigenvalue weighted by Crippen LogP contribution is 2.03. The number of nitrogens with zero attached hydrogens (tertiary/aromatic N) is 3. The summed E-state index contributed by atoms with van der Waals surface area (Å²) in [4.78, 5) is 16.4. The van der Waals surface area contributed by atoms with Crippen molar-refractivity contribution in [2.75, 3.05) is 13.1 Å². The molecule has 1 aromatic heterocycles. The SMILES string of the molecule is N#CCCN(CC=CC(=O)O)Cc1cccnc1. The van der Waals surface area contributed by atoms with Crippen molar-refractivity contribution in [3.63, 3.8) is 0 Å². The minimum Gasteiger partial charge on any atom is -0.478 e. The molecule has 5 nitrogen and oxygen atoms in total. The molecular formula is C13H15N3O2. The molecule has 0 aliphatic carbocycles. The number of nitriles is 1. The molecule has 0 spiro atoms. The first-order valence-corrected chi connectivity index (χ1v) is 5.60. The molecule has 1 rings (SSSR count). The molecule has 5 heteroatoms. The third-order valence-corrected chi connectivity index (χ3v) is 2.29. The van der Waals surface area contributed by atoms with Crippen molar-refractivity contribution in [1.29, 1.82) is 5.26 Å². The normalized spacial score (nSPS) is 10.7. The molecule has 0 bridgehead atoms. The van der Waals surface area contributed by atoms with Gasteiger partial charge in [0.05, 0.1) is 6.07 Å². The Morgan fingerprint density at radius 1 is 1.61 bits per heavy atom. The molecule has 0 aliphatic rings. The third kappa shape index (κ3) is 5.77. The molecule has 0 saturated carbocycles. The van der Waals surface area contributed by atoms with Crippen LogP contribution >= 0.6 is 0 Å². The zero-order chi connectivity index (χ0) is 13.2. The average molecular weight is 245 g/mol. The fourth-order valence-electron chi connectivity index (χ4n) is 1.50. The molecule has 0 aliphatic heterocycles. The first-order chi connectivity index (χ1) is 8.72. The third-order valence-electron chi connectivity index (χ3n) is 2.29. The van der Waals surface area contributed by atoms with Crippen LogP contribution < -0.4 is 0 Å². The van der Waals surface area contributed by atoms with E-state index in [2.05, 4.69) is 11.1 Å². The highest BCUT2D eigenvalue weighted by atomic mass is 16.4. The van der Waals surface area contributed by atoms with Gasteiger partial charge in [0.15, 0.2) is 0 Å². The van der Waals surface area contributed by atoms with E-state index < -0.39 is 5.97 Å². The van der Waals surface area contributed by atoms with E-state index in [1.165, 1.54) is 0 Å². The van der Waals surface area contributed by atoms with Crippen LogP contribution in [-0.4, -0.2) is 34.0 Å². The van der Waals surface area contributed by atoms with Gasteiger partial charge in [-0.2, -0.15) is 5.26 Å². The number of hydrogen-bond donors (Lipinski definition) is 1. The summed E-state index contributed by atoms with van der Waals surface area (Å²) in [6.45, 7) is 1.76. The molecule has 0 fully saturated rings. The molecule has 0 atom stereocenters. The van der Waals surface area contributed by atoms with Crippen molar-refractivity contribution < 1.29 is 9.90 Å². The Morgan fingerprint density at radius 3 is 3.06 bits per heavy atom. The van der Waals surface area contributed by atoms with Gasteiger partial charge in [-0.1, -0.05) is 12.1 Å². The monoisotopic (exact) mass is 245 g/mol. The van der Waals surface area contributed by atoms with Crippen molar-refractivity contribution in [2.24, 2.45) is 0 Å². The van der Waals surface area contributed by atoms with Gasteiger partial charge < -0.3 is 5.11 Å². The van der Waals surface area contributed by atoms with Gasteiger partial charge in [0, 0.05) is 44.5 Å². The molecule has 1 aromatic rings. The molecule has 0 radical (unpaired) electrons. The average Bonchev–Trinajstić information content (AvgIpc) is 2.36. The van der Waals surface area contributed by atoms with Gasteiger partial charge >= 0.3 is 5.97 Å². The second-order valence-corrected chi connectivity index (χ2v) is 3.75. The Kier molecular flexibility index (Phi) is 6.15. The van der Waals surface area contributed by atoms with E-state index >= 15 is 0 Å². The number of aromatic nitrogens is 1. The highest BCUT2D eigenvalue weighted by Gasteiger charge is 2.04. The van der Waals surface area contributed by atoms with Crippen molar-refractivity contribution in [2.45, 2.75) is 13.0 Å². The van der Waals surface area contributed by atoms with Gasteiger partial charge in [-0.15, -0.1) is 0 Å². The minimum absolute atomic E-state index is 0.418. The molecule has 18 heavy (non-hydrogen) atoms. The summed E-state index contributed by atoms with van der Waals surface area (Å²) in [5.41, 5.74) is 1.04. The second-order valence-electron chi connectivity index (χ2n) is 3.75. The topological polar surface area (TPSA) is 77.2 Å². The van der Waals surface area contributed by atoms with E-state index in [0.717, 1.165) is 11.6 Å². The van der Waals surface area contributed by atoms with Crippen LogP contribution in [-0.2, 0) is 11.3 Å². The van der Waals surface area contributed by atoms with Crippen LogP contribution in [0.3, 0.4) is 0 Å². The second kappa shape index (κ2) is 7.98. The standard InChI is InChI=1S/C13H15N3O2/c14-6-3-9-16(8-2-5-13(17)18)11-12-4-1-7-15-10-12/h1-2,4-5,7,10H,3,8-9,11H2,(H,17,18). The van der Waals surface area contributed by atoms with E-state index in [0.29, 0.717) is 26.1 Å². The van der Waals surface area contributed by atoms with Crippen LogP contribution in [0.2, 0.25) is 0 Å². The number of rotatable bonds is 7. The molecule has 0 unspecified atom stereocenters. The number of pyridine rings is 1. The lowest BCUT2D eigenvalue weighted by molar-refractivity contribution is -0.131. The molecular weight excluding hydrogens is 230 g/mol. The predicted octanol–water partition coefficient (Wildman–Crippen LogP) is 1.44. The van der Waals surface area contributed by atoms with E-state index in [-0.39, 0.29) is 0 Å². The number of carboxylic acids is 1. The summed E-state index contributed by atoms with van der Waals surface area (Å²) in [6.07, 6.45) is 6.58. The van der Waals surface area contributed by atoms with E-state index in [1.807, 2.05) is 17.0 Å². The maximum absolute atomic E-state index is 10.4. The summed E-state index contributed by atoms with van der Waals surface area (Å²) in [6, 6.07) is 5.89. The van der Waals surface area contributed by atoms with Gasteiger partial charge in [0.2, 0.25) is 0 Å². The lowest BCUT2D eigenvalue weighted by atomic mass is 10.2. The van der Waals surface area contributed by atoms with Gasteiger partial charge in [0.25, 0.3) is 0 Å². The maximum atomic E-state index is 10.4. The number of carboxylic acid groups (broad SMARTS) is 1. The van der Waals surface area contributed by atoms with Crippen LogP contribution in [0.1, 0.15) is 12.0 Å². The highest BCUT2D eigenvalue weighted by molar-refractivity contribution is 5.79. The summed E-state index contributed by atoms with van der Waals surface area (Å²) in [7, 11) is 0. The minimum atomic E-state index is -0.961. The zero-order valence-electron chi connectivity index (χ0n) is 9.99.